The number of nitrogens with zero attached hydrogens (tertiary/aromatic N) is 1. The molecule has 0 bridgehead atoms. The van der Waals surface area contributed by atoms with Crippen LogP contribution in [0, 0.1) is 13.8 Å². The van der Waals surface area contributed by atoms with Crippen LogP contribution in [0.1, 0.15) is 28.3 Å². The van der Waals surface area contributed by atoms with Gasteiger partial charge in [-0.15, -0.1) is 0 Å². The molecule has 9 heteroatoms. The molecule has 1 amide bonds. The van der Waals surface area contributed by atoms with Gasteiger partial charge >= 0.3 is 5.97 Å². The van der Waals surface area contributed by atoms with E-state index in [1.54, 1.807) is 7.05 Å². The molecule has 2 heterocycles. The van der Waals surface area contributed by atoms with E-state index in [0.29, 0.717) is 13.0 Å². The normalized spacial score (nSPS) is 19.3. The molecule has 1 atom stereocenters. The third-order valence-electron chi connectivity index (χ3n) is 3.41. The number of carboxylic acid groups (broad SMARTS) is 1. The minimum Gasteiger partial charge on any atom is -0.478 e. The molecule has 1 aliphatic heterocycles. The van der Waals surface area contributed by atoms with Crippen LogP contribution in [0.5, 0.6) is 0 Å². The predicted molar refractivity (Wildman–Crippen MR) is 71.5 cm³/mol. The second-order valence-corrected chi connectivity index (χ2v) is 6.60. The number of hydrogen-bond donors (Lipinski definition) is 2. The molecular weight excluding hydrogens is 300 g/mol. The molecule has 2 rings (SSSR count). The Balaban J connectivity index is 2.41. The van der Waals surface area contributed by atoms with Crippen molar-refractivity contribution in [3.8, 4) is 0 Å². The quantitative estimate of drug-likeness (QED) is 0.814. The number of amides is 1. The zero-order valence-electron chi connectivity index (χ0n) is 11.8. The molecular formula is C12H16N2O6S. The van der Waals surface area contributed by atoms with E-state index in [0.717, 1.165) is 0 Å². The van der Waals surface area contributed by atoms with Crippen LogP contribution < -0.4 is 4.72 Å². The zero-order chi connectivity index (χ0) is 15.9. The van der Waals surface area contributed by atoms with Crippen LogP contribution in [-0.4, -0.2) is 49.9 Å². The summed E-state index contributed by atoms with van der Waals surface area (Å²) in [5.41, 5.74) is -0.404. The molecule has 1 saturated heterocycles. The monoisotopic (exact) mass is 316 g/mol. The van der Waals surface area contributed by atoms with Crippen molar-refractivity contribution in [2.75, 3.05) is 13.6 Å². The van der Waals surface area contributed by atoms with Gasteiger partial charge in [-0.1, -0.05) is 0 Å². The summed E-state index contributed by atoms with van der Waals surface area (Å²) in [7, 11) is -2.58. The number of aromatic carboxylic acids is 1. The van der Waals surface area contributed by atoms with Gasteiger partial charge in [-0.05, 0) is 20.3 Å². The molecule has 0 spiro atoms. The van der Waals surface area contributed by atoms with Crippen molar-refractivity contribution in [3.63, 3.8) is 0 Å². The third kappa shape index (κ3) is 2.66. The smallest absolute Gasteiger partial charge is 0.340 e. The van der Waals surface area contributed by atoms with Gasteiger partial charge in [0.15, 0.2) is 0 Å². The van der Waals surface area contributed by atoms with Gasteiger partial charge < -0.3 is 14.4 Å². The molecule has 1 aromatic rings. The number of nitrogens with one attached hydrogen (secondary N) is 1. The Bertz CT molecular complexity index is 706. The van der Waals surface area contributed by atoms with Crippen LogP contribution in [0.3, 0.4) is 0 Å². The van der Waals surface area contributed by atoms with E-state index in [1.165, 1.54) is 18.7 Å². The van der Waals surface area contributed by atoms with Crippen LogP contribution in [-0.2, 0) is 14.8 Å². The van der Waals surface area contributed by atoms with Gasteiger partial charge in [0.05, 0.1) is 0 Å². The molecule has 0 aromatic carbocycles. The summed E-state index contributed by atoms with van der Waals surface area (Å²) in [5.74, 6) is -1.74. The van der Waals surface area contributed by atoms with Crippen molar-refractivity contribution in [2.45, 2.75) is 31.2 Å². The average molecular weight is 316 g/mol. The Labute approximate surface area is 121 Å². The predicted octanol–water partition coefficient (Wildman–Crippen LogP) is 0.104. The highest BCUT2D eigenvalue weighted by Crippen LogP contribution is 2.27. The minimum atomic E-state index is -4.16. The summed E-state index contributed by atoms with van der Waals surface area (Å²) in [6.07, 6.45) is 0.340. The molecule has 8 nitrogen and oxygen atoms in total. The van der Waals surface area contributed by atoms with Crippen molar-refractivity contribution in [2.24, 2.45) is 0 Å². The van der Waals surface area contributed by atoms with E-state index in [9.17, 15) is 18.0 Å². The van der Waals surface area contributed by atoms with E-state index < -0.39 is 32.5 Å². The summed E-state index contributed by atoms with van der Waals surface area (Å²) in [6.45, 7) is 3.20. The fraction of sp³-hybridized carbons (Fsp3) is 0.500. The topological polar surface area (TPSA) is 117 Å². The SMILES string of the molecule is Cc1oc(C)c(S(=O)(=O)NC2CCN(C)C2=O)c1C(=O)O. The van der Waals surface area contributed by atoms with Crippen molar-refractivity contribution >= 4 is 21.9 Å². The molecule has 1 aliphatic rings. The number of likely N-dealkylation sites (N-methyl/N-ethyl adjacent to an activating group) is 1. The number of sulfonamides is 1. The fourth-order valence-corrected chi connectivity index (χ4v) is 4.04. The summed E-state index contributed by atoms with van der Waals surface area (Å²) >= 11 is 0. The van der Waals surface area contributed by atoms with E-state index in [4.69, 9.17) is 9.52 Å². The summed E-state index contributed by atoms with van der Waals surface area (Å²) in [5, 5.41) is 9.15. The number of rotatable bonds is 4. The number of carbonyl (C=O) groups excluding carboxylic acids is 1. The van der Waals surface area contributed by atoms with Crippen LogP contribution in [0.4, 0.5) is 0 Å². The van der Waals surface area contributed by atoms with Crippen molar-refractivity contribution in [3.05, 3.63) is 17.1 Å². The molecule has 0 radical (unpaired) electrons. The molecule has 0 aliphatic carbocycles. The largest absolute Gasteiger partial charge is 0.478 e. The van der Waals surface area contributed by atoms with Gasteiger partial charge in [0, 0.05) is 13.6 Å². The highest BCUT2D eigenvalue weighted by atomic mass is 32.2. The number of likely N-dealkylation sites (tertiary alicyclic amines) is 1. The van der Waals surface area contributed by atoms with Gasteiger partial charge in [-0.2, -0.15) is 4.72 Å². The van der Waals surface area contributed by atoms with Crippen molar-refractivity contribution in [1.29, 1.82) is 0 Å². The Morgan fingerprint density at radius 3 is 2.48 bits per heavy atom. The van der Waals surface area contributed by atoms with Gasteiger partial charge in [-0.3, -0.25) is 4.79 Å². The molecule has 21 heavy (non-hydrogen) atoms. The first kappa shape index (κ1) is 15.5. The maximum absolute atomic E-state index is 12.4. The van der Waals surface area contributed by atoms with Crippen LogP contribution >= 0.6 is 0 Å². The number of aryl methyl sites for hydroxylation is 2. The zero-order valence-corrected chi connectivity index (χ0v) is 12.7. The van der Waals surface area contributed by atoms with Gasteiger partial charge in [-0.25, -0.2) is 13.2 Å². The summed E-state index contributed by atoms with van der Waals surface area (Å²) in [6, 6.07) is -0.878. The molecule has 2 N–H and O–H groups in total. The maximum atomic E-state index is 12.4. The second kappa shape index (κ2) is 5.15. The Morgan fingerprint density at radius 2 is 2.00 bits per heavy atom. The Morgan fingerprint density at radius 1 is 1.38 bits per heavy atom. The van der Waals surface area contributed by atoms with Crippen LogP contribution in [0.25, 0.3) is 0 Å². The fourth-order valence-electron chi connectivity index (χ4n) is 2.41. The molecule has 0 saturated carbocycles. The van der Waals surface area contributed by atoms with Crippen molar-refractivity contribution < 1.29 is 27.5 Å². The Hall–Kier alpha value is -1.87. The Kier molecular flexibility index (Phi) is 3.81. The second-order valence-electron chi connectivity index (χ2n) is 4.95. The molecule has 1 unspecified atom stereocenters. The van der Waals surface area contributed by atoms with Gasteiger partial charge in [0.2, 0.25) is 15.9 Å². The summed E-state index contributed by atoms with van der Waals surface area (Å²) in [4.78, 5) is 24.0. The maximum Gasteiger partial charge on any atom is 0.340 e. The van der Waals surface area contributed by atoms with E-state index in [1.807, 2.05) is 0 Å². The van der Waals surface area contributed by atoms with Crippen molar-refractivity contribution in [1.82, 2.24) is 9.62 Å². The van der Waals surface area contributed by atoms with Crippen LogP contribution in [0.15, 0.2) is 9.31 Å². The first-order valence-corrected chi connectivity index (χ1v) is 7.74. The standard InChI is InChI=1S/C12H16N2O6S/c1-6-9(12(16)17)10(7(2)20-6)21(18,19)13-8-4-5-14(3)11(8)15/h8,13H,4-5H2,1-3H3,(H,16,17). The van der Waals surface area contributed by atoms with E-state index >= 15 is 0 Å². The lowest BCUT2D eigenvalue weighted by atomic mass is 10.2. The number of furan rings is 1. The van der Waals surface area contributed by atoms with E-state index in [2.05, 4.69) is 4.72 Å². The first-order chi connectivity index (χ1) is 9.65. The highest BCUT2D eigenvalue weighted by Gasteiger charge is 2.37. The highest BCUT2D eigenvalue weighted by molar-refractivity contribution is 7.89. The number of hydrogen-bond acceptors (Lipinski definition) is 5. The van der Waals surface area contributed by atoms with Crippen LogP contribution in [0.2, 0.25) is 0 Å². The first-order valence-electron chi connectivity index (χ1n) is 6.25. The van der Waals surface area contributed by atoms with Gasteiger partial charge in [0.25, 0.3) is 0 Å². The van der Waals surface area contributed by atoms with E-state index in [-0.39, 0.29) is 17.4 Å². The molecule has 1 fully saturated rings. The number of carboxylic acids is 1. The number of carbonyl (C=O) groups is 2. The lowest BCUT2D eigenvalue weighted by Crippen LogP contribution is -2.41. The molecule has 1 aromatic heterocycles. The lowest BCUT2D eigenvalue weighted by Gasteiger charge is -2.12. The average Bonchev–Trinajstić information content (AvgIpc) is 2.82. The molecule has 116 valence electrons. The minimum absolute atomic E-state index is 0.00948. The van der Waals surface area contributed by atoms with Gasteiger partial charge in [0.1, 0.15) is 28.0 Å². The summed E-state index contributed by atoms with van der Waals surface area (Å²) < 4.78 is 32.2. The lowest BCUT2D eigenvalue weighted by molar-refractivity contribution is -0.127. The third-order valence-corrected chi connectivity index (χ3v) is 5.04.